The molecule has 0 radical (unpaired) electrons. The van der Waals surface area contributed by atoms with Gasteiger partial charge < -0.3 is 9.32 Å². The number of aromatic nitrogens is 1. The molecular formula is C21H26N4O. The third-order valence-corrected chi connectivity index (χ3v) is 5.37. The molecule has 136 valence electrons. The summed E-state index contributed by atoms with van der Waals surface area (Å²) in [5.74, 6) is 2.44. The van der Waals surface area contributed by atoms with E-state index in [4.69, 9.17) is 4.42 Å². The van der Waals surface area contributed by atoms with Gasteiger partial charge in [0.05, 0.1) is 0 Å². The molecule has 0 amide bonds. The summed E-state index contributed by atoms with van der Waals surface area (Å²) in [7, 11) is 0. The molecule has 2 heterocycles. The Morgan fingerprint density at radius 3 is 2.42 bits per heavy atom. The molecule has 1 aliphatic carbocycles. The van der Waals surface area contributed by atoms with E-state index in [1.54, 1.807) is 0 Å². The van der Waals surface area contributed by atoms with Crippen molar-refractivity contribution in [3.63, 3.8) is 0 Å². The lowest BCUT2D eigenvalue weighted by atomic mass is 10.0. The first-order valence-corrected chi connectivity index (χ1v) is 9.61. The highest BCUT2D eigenvalue weighted by atomic mass is 16.4. The minimum absolute atomic E-state index is 0.436. The summed E-state index contributed by atoms with van der Waals surface area (Å²) in [5, 5.41) is 9.36. The first-order chi connectivity index (χ1) is 12.6. The molecule has 5 heteroatoms. The molecular weight excluding hydrogens is 324 g/mol. The van der Waals surface area contributed by atoms with Crippen LogP contribution in [0, 0.1) is 11.3 Å². The molecule has 1 saturated heterocycles. The second-order valence-electron chi connectivity index (χ2n) is 7.75. The van der Waals surface area contributed by atoms with Crippen LogP contribution in [0.5, 0.6) is 0 Å². The van der Waals surface area contributed by atoms with Gasteiger partial charge in [0, 0.05) is 38.6 Å². The highest BCUT2D eigenvalue weighted by Gasteiger charge is 2.32. The van der Waals surface area contributed by atoms with Crippen LogP contribution in [0.3, 0.4) is 0 Å². The summed E-state index contributed by atoms with van der Waals surface area (Å²) in [4.78, 5) is 9.03. The zero-order valence-corrected chi connectivity index (χ0v) is 15.6. The SMILES string of the molecule is CC(C)c1ccc(CN2CCN(c3oc(C4CC4)nc3C#N)CC2)cc1. The Bertz CT molecular complexity index is 790. The van der Waals surface area contributed by atoms with Crippen LogP contribution in [-0.2, 0) is 6.54 Å². The largest absolute Gasteiger partial charge is 0.423 e. The normalized spacial score (nSPS) is 18.3. The maximum absolute atomic E-state index is 9.36. The molecule has 0 N–H and O–H groups in total. The van der Waals surface area contributed by atoms with Crippen molar-refractivity contribution < 1.29 is 4.42 Å². The van der Waals surface area contributed by atoms with Gasteiger partial charge >= 0.3 is 0 Å². The fraction of sp³-hybridized carbons (Fsp3) is 0.524. The number of rotatable bonds is 5. The molecule has 1 aromatic heterocycles. The van der Waals surface area contributed by atoms with Crippen molar-refractivity contribution in [1.29, 1.82) is 5.26 Å². The number of oxazole rings is 1. The Balaban J connectivity index is 1.36. The Kier molecular flexibility index (Phi) is 4.69. The smallest absolute Gasteiger partial charge is 0.234 e. The van der Waals surface area contributed by atoms with Gasteiger partial charge in [-0.25, -0.2) is 4.98 Å². The van der Waals surface area contributed by atoms with Crippen molar-refractivity contribution in [3.05, 3.63) is 47.0 Å². The van der Waals surface area contributed by atoms with Crippen molar-refractivity contribution in [2.24, 2.45) is 0 Å². The van der Waals surface area contributed by atoms with Crippen LogP contribution < -0.4 is 4.90 Å². The lowest BCUT2D eigenvalue weighted by Crippen LogP contribution is -2.46. The second kappa shape index (κ2) is 7.13. The van der Waals surface area contributed by atoms with Gasteiger partial charge in [0.25, 0.3) is 0 Å². The van der Waals surface area contributed by atoms with Gasteiger partial charge in [0.1, 0.15) is 6.07 Å². The minimum atomic E-state index is 0.436. The number of piperazine rings is 1. The number of anilines is 1. The van der Waals surface area contributed by atoms with Gasteiger partial charge in [-0.2, -0.15) is 5.26 Å². The number of benzene rings is 1. The molecule has 1 saturated carbocycles. The Morgan fingerprint density at radius 2 is 1.85 bits per heavy atom. The van der Waals surface area contributed by atoms with Gasteiger partial charge in [-0.1, -0.05) is 38.1 Å². The van der Waals surface area contributed by atoms with Crippen LogP contribution >= 0.6 is 0 Å². The minimum Gasteiger partial charge on any atom is -0.423 e. The summed E-state index contributed by atoms with van der Waals surface area (Å²) >= 11 is 0. The van der Waals surface area contributed by atoms with Crippen LogP contribution in [0.1, 0.15) is 61.2 Å². The van der Waals surface area contributed by atoms with E-state index in [-0.39, 0.29) is 0 Å². The second-order valence-corrected chi connectivity index (χ2v) is 7.75. The summed E-state index contributed by atoms with van der Waals surface area (Å²) in [6.07, 6.45) is 2.27. The van der Waals surface area contributed by atoms with E-state index in [0.29, 0.717) is 23.4 Å². The maximum Gasteiger partial charge on any atom is 0.234 e. The lowest BCUT2D eigenvalue weighted by molar-refractivity contribution is 0.245. The molecule has 5 nitrogen and oxygen atoms in total. The van der Waals surface area contributed by atoms with Crippen LogP contribution in [0.25, 0.3) is 0 Å². The third-order valence-electron chi connectivity index (χ3n) is 5.37. The van der Waals surface area contributed by atoms with E-state index >= 15 is 0 Å². The highest BCUT2D eigenvalue weighted by Crippen LogP contribution is 2.41. The first kappa shape index (κ1) is 17.1. The number of nitriles is 1. The molecule has 2 aliphatic rings. The molecule has 4 rings (SSSR count). The molecule has 0 atom stereocenters. The summed E-state index contributed by atoms with van der Waals surface area (Å²) in [6.45, 7) is 9.10. The van der Waals surface area contributed by atoms with Crippen molar-refractivity contribution in [2.45, 2.75) is 45.1 Å². The average Bonchev–Trinajstić information content (AvgIpc) is 3.42. The van der Waals surface area contributed by atoms with E-state index in [0.717, 1.165) is 51.5 Å². The van der Waals surface area contributed by atoms with Crippen LogP contribution in [0.2, 0.25) is 0 Å². The van der Waals surface area contributed by atoms with E-state index in [1.165, 1.54) is 11.1 Å². The molecule has 0 bridgehead atoms. The van der Waals surface area contributed by atoms with Crippen molar-refractivity contribution in [3.8, 4) is 6.07 Å². The molecule has 1 aromatic carbocycles. The first-order valence-electron chi connectivity index (χ1n) is 9.61. The van der Waals surface area contributed by atoms with Gasteiger partial charge in [-0.3, -0.25) is 4.90 Å². The number of nitrogens with zero attached hydrogens (tertiary/aromatic N) is 4. The zero-order valence-electron chi connectivity index (χ0n) is 15.6. The van der Waals surface area contributed by atoms with E-state index in [1.807, 2.05) is 0 Å². The Morgan fingerprint density at radius 1 is 1.15 bits per heavy atom. The Hall–Kier alpha value is -2.32. The lowest BCUT2D eigenvalue weighted by Gasteiger charge is -2.34. The molecule has 26 heavy (non-hydrogen) atoms. The van der Waals surface area contributed by atoms with E-state index in [2.05, 4.69) is 59.0 Å². The third kappa shape index (κ3) is 3.61. The highest BCUT2D eigenvalue weighted by molar-refractivity contribution is 5.48. The standard InChI is InChI=1S/C21H26N4O/c1-15(2)17-5-3-16(4-6-17)14-24-9-11-25(12-10-24)21-19(13-22)23-20(26-21)18-7-8-18/h3-6,15,18H,7-12,14H2,1-2H3. The fourth-order valence-corrected chi connectivity index (χ4v) is 3.50. The maximum atomic E-state index is 9.36. The van der Waals surface area contributed by atoms with Crippen molar-refractivity contribution in [2.75, 3.05) is 31.1 Å². The Labute approximate surface area is 155 Å². The predicted octanol–water partition coefficient (Wildman–Crippen LogP) is 3.87. The number of hydrogen-bond acceptors (Lipinski definition) is 5. The number of hydrogen-bond donors (Lipinski definition) is 0. The topological polar surface area (TPSA) is 56.3 Å². The summed E-state index contributed by atoms with van der Waals surface area (Å²) < 4.78 is 5.93. The quantitative estimate of drug-likeness (QED) is 0.819. The van der Waals surface area contributed by atoms with Crippen LogP contribution in [-0.4, -0.2) is 36.1 Å². The van der Waals surface area contributed by atoms with Crippen molar-refractivity contribution >= 4 is 5.88 Å². The van der Waals surface area contributed by atoms with Crippen LogP contribution in [0.4, 0.5) is 5.88 Å². The zero-order chi connectivity index (χ0) is 18.1. The molecule has 1 aliphatic heterocycles. The fourth-order valence-electron chi connectivity index (χ4n) is 3.50. The molecule has 2 fully saturated rings. The average molecular weight is 350 g/mol. The van der Waals surface area contributed by atoms with Gasteiger partial charge in [-0.05, 0) is 29.9 Å². The molecule has 0 unspecified atom stereocenters. The predicted molar refractivity (Wildman–Crippen MR) is 101 cm³/mol. The molecule has 2 aromatic rings. The monoisotopic (exact) mass is 350 g/mol. The summed E-state index contributed by atoms with van der Waals surface area (Å²) in [5.41, 5.74) is 3.19. The molecule has 0 spiro atoms. The van der Waals surface area contributed by atoms with E-state index in [9.17, 15) is 5.26 Å². The van der Waals surface area contributed by atoms with Crippen LogP contribution in [0.15, 0.2) is 28.7 Å². The van der Waals surface area contributed by atoms with E-state index < -0.39 is 0 Å². The van der Waals surface area contributed by atoms with Gasteiger partial charge in [0.15, 0.2) is 0 Å². The van der Waals surface area contributed by atoms with Gasteiger partial charge in [-0.15, -0.1) is 0 Å². The van der Waals surface area contributed by atoms with Crippen molar-refractivity contribution in [1.82, 2.24) is 9.88 Å². The van der Waals surface area contributed by atoms with Gasteiger partial charge in [0.2, 0.25) is 17.5 Å². The summed E-state index contributed by atoms with van der Waals surface area (Å²) in [6, 6.07) is 11.2.